The minimum absolute atomic E-state index is 0.345. The molecule has 102 valence electrons. The number of anilines is 2. The fraction of sp³-hybridized carbons (Fsp3) is 0.500. The van der Waals surface area contributed by atoms with Crippen LogP contribution in [0.3, 0.4) is 0 Å². The van der Waals surface area contributed by atoms with Crippen LogP contribution in [0.15, 0.2) is 16.6 Å². The molecule has 5 heteroatoms. The van der Waals surface area contributed by atoms with Crippen LogP contribution in [0.4, 0.5) is 11.4 Å². The number of hydrogen-bond acceptors (Lipinski definition) is 3. The maximum atomic E-state index is 11.5. The number of halogens is 1. The van der Waals surface area contributed by atoms with E-state index in [0.29, 0.717) is 11.6 Å². The molecule has 1 atom stereocenters. The van der Waals surface area contributed by atoms with Gasteiger partial charge in [0, 0.05) is 28.8 Å². The number of hydrogen-bond donors (Lipinski definition) is 2. The number of benzene rings is 1. The molecule has 1 aliphatic carbocycles. The molecular formula is C14H17BrN2O2. The molecule has 1 heterocycles. The van der Waals surface area contributed by atoms with E-state index < -0.39 is 6.10 Å². The Labute approximate surface area is 120 Å². The zero-order valence-electron chi connectivity index (χ0n) is 10.8. The Kier molecular flexibility index (Phi) is 3.27. The lowest BCUT2D eigenvalue weighted by molar-refractivity contribution is -0.123. The Balaban J connectivity index is 1.95. The molecule has 1 aromatic rings. The Morgan fingerprint density at radius 2 is 2.05 bits per heavy atom. The van der Waals surface area contributed by atoms with E-state index in [0.717, 1.165) is 15.8 Å². The van der Waals surface area contributed by atoms with E-state index in [1.165, 1.54) is 25.7 Å². The van der Waals surface area contributed by atoms with Gasteiger partial charge in [-0.05, 0) is 40.9 Å². The molecule has 2 N–H and O–H groups in total. The summed E-state index contributed by atoms with van der Waals surface area (Å²) < 4.78 is 0.927. The number of rotatable bonds is 2. The first kappa shape index (κ1) is 12.9. The number of aliphatic hydroxyl groups is 1. The second-order valence-electron chi connectivity index (χ2n) is 5.33. The van der Waals surface area contributed by atoms with Crippen molar-refractivity contribution in [2.75, 3.05) is 17.3 Å². The fourth-order valence-electron chi connectivity index (χ4n) is 3.01. The Bertz CT molecular complexity index is 526. The van der Waals surface area contributed by atoms with Gasteiger partial charge < -0.3 is 15.3 Å². The summed E-state index contributed by atoms with van der Waals surface area (Å²) in [6, 6.07) is 4.36. The number of aliphatic hydroxyl groups excluding tert-OH is 1. The van der Waals surface area contributed by atoms with Crippen molar-refractivity contribution in [3.05, 3.63) is 22.2 Å². The third kappa shape index (κ3) is 2.15. The molecule has 0 aromatic heterocycles. The third-order valence-corrected chi connectivity index (χ3v) is 4.81. The highest BCUT2D eigenvalue weighted by atomic mass is 79.9. The van der Waals surface area contributed by atoms with E-state index in [2.05, 4.69) is 33.2 Å². The van der Waals surface area contributed by atoms with Crippen LogP contribution in [0.5, 0.6) is 0 Å². The highest BCUT2D eigenvalue weighted by Gasteiger charge is 2.31. The van der Waals surface area contributed by atoms with Crippen molar-refractivity contribution in [2.24, 2.45) is 0 Å². The lowest BCUT2D eigenvalue weighted by Crippen LogP contribution is -2.29. The Morgan fingerprint density at radius 3 is 2.74 bits per heavy atom. The van der Waals surface area contributed by atoms with E-state index in [9.17, 15) is 9.90 Å². The predicted molar refractivity (Wildman–Crippen MR) is 78.4 cm³/mol. The van der Waals surface area contributed by atoms with Crippen LogP contribution in [-0.2, 0) is 4.79 Å². The van der Waals surface area contributed by atoms with E-state index in [1.54, 1.807) is 0 Å². The van der Waals surface area contributed by atoms with Crippen molar-refractivity contribution in [3.63, 3.8) is 0 Å². The average Bonchev–Trinajstić information content (AvgIpc) is 3.00. The van der Waals surface area contributed by atoms with Crippen LogP contribution >= 0.6 is 15.9 Å². The molecule has 1 saturated carbocycles. The second-order valence-corrected chi connectivity index (χ2v) is 6.19. The summed E-state index contributed by atoms with van der Waals surface area (Å²) in [6.45, 7) is 0. The summed E-state index contributed by atoms with van der Waals surface area (Å²) in [5.41, 5.74) is 2.45. The predicted octanol–water partition coefficient (Wildman–Crippen LogP) is 2.81. The molecule has 4 nitrogen and oxygen atoms in total. The summed E-state index contributed by atoms with van der Waals surface area (Å²) in [5.74, 6) is -0.345. The molecule has 2 aliphatic rings. The molecule has 1 unspecified atom stereocenters. The van der Waals surface area contributed by atoms with Gasteiger partial charge in [-0.25, -0.2) is 0 Å². The largest absolute Gasteiger partial charge is 0.378 e. The minimum atomic E-state index is -1.04. The fourth-order valence-corrected chi connectivity index (χ4v) is 3.65. The summed E-state index contributed by atoms with van der Waals surface area (Å²) in [4.78, 5) is 13.8. The molecule has 0 bridgehead atoms. The average molecular weight is 325 g/mol. The van der Waals surface area contributed by atoms with E-state index in [1.807, 2.05) is 12.1 Å². The molecule has 0 radical (unpaired) electrons. The summed E-state index contributed by atoms with van der Waals surface area (Å²) >= 11 is 3.55. The van der Waals surface area contributed by atoms with Crippen molar-refractivity contribution in [2.45, 2.75) is 37.8 Å². The van der Waals surface area contributed by atoms with E-state index in [-0.39, 0.29) is 5.91 Å². The van der Waals surface area contributed by atoms with E-state index >= 15 is 0 Å². The number of amides is 1. The van der Waals surface area contributed by atoms with Gasteiger partial charge in [0.15, 0.2) is 6.10 Å². The maximum Gasteiger partial charge on any atom is 0.257 e. The molecular weight excluding hydrogens is 308 g/mol. The zero-order chi connectivity index (χ0) is 13.6. The Morgan fingerprint density at radius 1 is 1.37 bits per heavy atom. The minimum Gasteiger partial charge on any atom is -0.378 e. The normalized spacial score (nSPS) is 22.5. The van der Waals surface area contributed by atoms with E-state index in [4.69, 9.17) is 0 Å². The molecule has 3 rings (SSSR count). The zero-order valence-corrected chi connectivity index (χ0v) is 12.4. The molecule has 1 aliphatic heterocycles. The van der Waals surface area contributed by atoms with Gasteiger partial charge in [-0.1, -0.05) is 12.8 Å². The molecule has 1 amide bonds. The highest BCUT2D eigenvalue weighted by molar-refractivity contribution is 9.10. The molecule has 1 aromatic carbocycles. The summed E-state index contributed by atoms with van der Waals surface area (Å²) in [5, 5.41) is 12.5. The van der Waals surface area contributed by atoms with Crippen LogP contribution in [0.2, 0.25) is 0 Å². The Hall–Kier alpha value is -1.07. The first-order valence-corrected chi connectivity index (χ1v) is 7.42. The van der Waals surface area contributed by atoms with Crippen LogP contribution < -0.4 is 10.2 Å². The van der Waals surface area contributed by atoms with Crippen LogP contribution in [-0.4, -0.2) is 24.1 Å². The summed E-state index contributed by atoms with van der Waals surface area (Å²) in [7, 11) is 2.09. The number of nitrogens with zero attached hydrogens (tertiary/aromatic N) is 1. The SMILES string of the molecule is CN(c1cc2c(cc1Br)C(O)C(=O)N2)C1CCCC1. The van der Waals surface area contributed by atoms with Crippen LogP contribution in [0, 0.1) is 0 Å². The van der Waals surface area contributed by atoms with Gasteiger partial charge in [0.05, 0.1) is 5.69 Å². The molecule has 19 heavy (non-hydrogen) atoms. The van der Waals surface area contributed by atoms with Gasteiger partial charge in [0.25, 0.3) is 5.91 Å². The number of carbonyl (C=O) groups excluding carboxylic acids is 1. The lowest BCUT2D eigenvalue weighted by atomic mass is 10.1. The van der Waals surface area contributed by atoms with Crippen molar-refractivity contribution < 1.29 is 9.90 Å². The maximum absolute atomic E-state index is 11.5. The quantitative estimate of drug-likeness (QED) is 0.879. The van der Waals surface area contributed by atoms with Gasteiger partial charge in [-0.15, -0.1) is 0 Å². The molecule has 0 spiro atoms. The van der Waals surface area contributed by atoms with Crippen molar-refractivity contribution >= 4 is 33.2 Å². The smallest absolute Gasteiger partial charge is 0.257 e. The van der Waals surface area contributed by atoms with Crippen molar-refractivity contribution in [3.8, 4) is 0 Å². The van der Waals surface area contributed by atoms with Gasteiger partial charge in [-0.2, -0.15) is 0 Å². The number of carbonyl (C=O) groups is 1. The first-order chi connectivity index (χ1) is 9.08. The summed E-state index contributed by atoms with van der Waals surface area (Å²) in [6.07, 6.45) is 3.96. The topological polar surface area (TPSA) is 52.6 Å². The van der Waals surface area contributed by atoms with Crippen molar-refractivity contribution in [1.29, 1.82) is 0 Å². The monoisotopic (exact) mass is 324 g/mol. The van der Waals surface area contributed by atoms with Gasteiger partial charge in [0.2, 0.25) is 0 Å². The third-order valence-electron chi connectivity index (χ3n) is 4.17. The van der Waals surface area contributed by atoms with Crippen LogP contribution in [0.25, 0.3) is 0 Å². The van der Waals surface area contributed by atoms with Crippen molar-refractivity contribution in [1.82, 2.24) is 0 Å². The standard InChI is InChI=1S/C14H17BrN2O2/c1-17(8-4-2-3-5-8)12-7-11-9(6-10(12)15)13(18)14(19)16-11/h6-8,13,18H,2-5H2,1H3,(H,16,19). The number of nitrogens with one attached hydrogen (secondary N) is 1. The highest BCUT2D eigenvalue weighted by Crippen LogP contribution is 2.40. The van der Waals surface area contributed by atoms with Gasteiger partial charge in [0.1, 0.15) is 0 Å². The lowest BCUT2D eigenvalue weighted by Gasteiger charge is -2.28. The van der Waals surface area contributed by atoms with Gasteiger partial charge >= 0.3 is 0 Å². The second kappa shape index (κ2) is 4.80. The first-order valence-electron chi connectivity index (χ1n) is 6.63. The van der Waals surface area contributed by atoms with Gasteiger partial charge in [-0.3, -0.25) is 4.79 Å². The molecule has 1 fully saturated rings. The van der Waals surface area contributed by atoms with Crippen LogP contribution in [0.1, 0.15) is 37.4 Å². The molecule has 0 saturated heterocycles. The number of fused-ring (bicyclic) bond motifs is 1.